The van der Waals surface area contributed by atoms with Gasteiger partial charge < -0.3 is 11.1 Å². The summed E-state index contributed by atoms with van der Waals surface area (Å²) in [7, 11) is 0. The van der Waals surface area contributed by atoms with Crippen molar-refractivity contribution >= 4 is 5.82 Å². The Bertz CT molecular complexity index is 379. The van der Waals surface area contributed by atoms with Gasteiger partial charge in [-0.2, -0.15) is 18.3 Å². The van der Waals surface area contributed by atoms with Crippen LogP contribution in [0.3, 0.4) is 0 Å². The Balaban J connectivity index is 2.07. The smallest absolute Gasteiger partial charge is 0.384 e. The molecule has 4 nitrogen and oxygen atoms in total. The molecule has 0 radical (unpaired) electrons. The van der Waals surface area contributed by atoms with Crippen LogP contribution >= 0.6 is 0 Å². The van der Waals surface area contributed by atoms with E-state index in [1.54, 1.807) is 0 Å². The minimum absolute atomic E-state index is 0.0599. The molecule has 0 aromatic carbocycles. The second-order valence-electron chi connectivity index (χ2n) is 4.28. The number of nitrogens with zero attached hydrogens (tertiary/aromatic N) is 2. The summed E-state index contributed by atoms with van der Waals surface area (Å²) in [5.41, 5.74) is 4.60. The molecule has 0 amide bonds. The van der Waals surface area contributed by atoms with E-state index in [-0.39, 0.29) is 11.9 Å². The Morgan fingerprint density at radius 2 is 2.24 bits per heavy atom. The lowest BCUT2D eigenvalue weighted by Gasteiger charge is -2.23. The number of piperidine rings is 1. The Kier molecular flexibility index (Phi) is 3.28. The number of hydrogen-bond donors (Lipinski definition) is 2. The first-order valence-electron chi connectivity index (χ1n) is 5.61. The molecule has 1 aromatic rings. The Morgan fingerprint density at radius 1 is 1.47 bits per heavy atom. The zero-order chi connectivity index (χ0) is 12.5. The molecular formula is C10H15F3N4. The van der Waals surface area contributed by atoms with Gasteiger partial charge in [0.1, 0.15) is 5.82 Å². The maximum Gasteiger partial charge on any atom is 0.435 e. The van der Waals surface area contributed by atoms with E-state index >= 15 is 0 Å². The zero-order valence-electron chi connectivity index (χ0n) is 9.30. The van der Waals surface area contributed by atoms with Crippen LogP contribution in [0.15, 0.2) is 6.07 Å². The van der Waals surface area contributed by atoms with Crippen molar-refractivity contribution < 1.29 is 13.2 Å². The molecule has 1 aliphatic heterocycles. The first-order chi connectivity index (χ1) is 7.97. The third kappa shape index (κ3) is 2.91. The molecule has 1 atom stereocenters. The van der Waals surface area contributed by atoms with Crippen LogP contribution in [-0.2, 0) is 12.7 Å². The van der Waals surface area contributed by atoms with Crippen molar-refractivity contribution in [3.05, 3.63) is 11.8 Å². The fourth-order valence-electron chi connectivity index (χ4n) is 2.00. The highest BCUT2D eigenvalue weighted by atomic mass is 19.4. The summed E-state index contributed by atoms with van der Waals surface area (Å²) < 4.78 is 38.5. The topological polar surface area (TPSA) is 55.9 Å². The van der Waals surface area contributed by atoms with Gasteiger partial charge in [-0.3, -0.25) is 0 Å². The molecule has 2 rings (SSSR count). The number of hydrogen-bond acceptors (Lipinski definition) is 3. The normalized spacial score (nSPS) is 21.7. The number of nitrogens with one attached hydrogen (secondary N) is 1. The summed E-state index contributed by atoms with van der Waals surface area (Å²) in [5, 5.41) is 6.75. The maximum atomic E-state index is 12.4. The van der Waals surface area contributed by atoms with E-state index in [1.807, 2.05) is 0 Å². The fourth-order valence-corrected chi connectivity index (χ4v) is 2.00. The van der Waals surface area contributed by atoms with Gasteiger partial charge in [-0.1, -0.05) is 6.42 Å². The van der Waals surface area contributed by atoms with E-state index in [1.165, 1.54) is 4.68 Å². The standard InChI is InChI=1S/C10H15F3N4/c11-10(12,13)8-5-9(14)17(16-8)6-7-3-1-2-4-15-7/h5,7,15H,1-4,6,14H2/t7-/m1/s1. The van der Waals surface area contributed by atoms with E-state index in [0.717, 1.165) is 31.9 Å². The van der Waals surface area contributed by atoms with Crippen molar-refractivity contribution in [1.82, 2.24) is 15.1 Å². The van der Waals surface area contributed by atoms with Crippen molar-refractivity contribution in [2.75, 3.05) is 12.3 Å². The van der Waals surface area contributed by atoms with Crippen LogP contribution in [-0.4, -0.2) is 22.4 Å². The van der Waals surface area contributed by atoms with Crippen LogP contribution < -0.4 is 11.1 Å². The monoisotopic (exact) mass is 248 g/mol. The average Bonchev–Trinajstić information content (AvgIpc) is 2.62. The molecule has 3 N–H and O–H groups in total. The summed E-state index contributed by atoms with van der Waals surface area (Å²) in [6.45, 7) is 1.29. The fraction of sp³-hybridized carbons (Fsp3) is 0.700. The molecule has 0 unspecified atom stereocenters. The number of aromatic nitrogens is 2. The van der Waals surface area contributed by atoms with E-state index in [0.29, 0.717) is 6.54 Å². The molecule has 1 fully saturated rings. The van der Waals surface area contributed by atoms with E-state index < -0.39 is 11.9 Å². The molecule has 7 heteroatoms. The molecule has 0 bridgehead atoms. The zero-order valence-corrected chi connectivity index (χ0v) is 9.30. The highest BCUT2D eigenvalue weighted by Gasteiger charge is 2.34. The van der Waals surface area contributed by atoms with Crippen LogP contribution in [0.5, 0.6) is 0 Å². The molecule has 0 saturated carbocycles. The summed E-state index contributed by atoms with van der Waals surface area (Å²) in [4.78, 5) is 0. The second-order valence-corrected chi connectivity index (χ2v) is 4.28. The summed E-state index contributed by atoms with van der Waals surface area (Å²) in [6.07, 6.45) is -1.29. The van der Waals surface area contributed by atoms with Crippen molar-refractivity contribution in [2.24, 2.45) is 0 Å². The molecule has 17 heavy (non-hydrogen) atoms. The lowest BCUT2D eigenvalue weighted by molar-refractivity contribution is -0.141. The molecule has 0 spiro atoms. The third-order valence-electron chi connectivity index (χ3n) is 2.91. The predicted octanol–water partition coefficient (Wildman–Crippen LogP) is 1.63. The largest absolute Gasteiger partial charge is 0.435 e. The quantitative estimate of drug-likeness (QED) is 0.836. The van der Waals surface area contributed by atoms with Crippen LogP contribution in [0.4, 0.5) is 19.0 Å². The van der Waals surface area contributed by atoms with Gasteiger partial charge in [0.2, 0.25) is 0 Å². The van der Waals surface area contributed by atoms with Gasteiger partial charge in [-0.15, -0.1) is 0 Å². The van der Waals surface area contributed by atoms with E-state index in [9.17, 15) is 13.2 Å². The Hall–Kier alpha value is -1.24. The highest BCUT2D eigenvalue weighted by Crippen LogP contribution is 2.29. The summed E-state index contributed by atoms with van der Waals surface area (Å²) in [5.74, 6) is 0.0599. The number of rotatable bonds is 2. The van der Waals surface area contributed by atoms with Gasteiger partial charge >= 0.3 is 6.18 Å². The van der Waals surface area contributed by atoms with Gasteiger partial charge in [0.05, 0.1) is 6.54 Å². The molecule has 1 saturated heterocycles. The number of alkyl halides is 3. The molecule has 0 aliphatic carbocycles. The Morgan fingerprint density at radius 3 is 2.76 bits per heavy atom. The van der Waals surface area contributed by atoms with Gasteiger partial charge in [0.15, 0.2) is 5.69 Å². The first-order valence-corrected chi connectivity index (χ1v) is 5.61. The molecular weight excluding hydrogens is 233 g/mol. The number of nitrogens with two attached hydrogens (primary N) is 1. The van der Waals surface area contributed by atoms with Crippen LogP contribution in [0.2, 0.25) is 0 Å². The lowest BCUT2D eigenvalue weighted by atomic mass is 10.1. The van der Waals surface area contributed by atoms with Gasteiger partial charge in [0, 0.05) is 12.1 Å². The van der Waals surface area contributed by atoms with Crippen LogP contribution in [0.1, 0.15) is 25.0 Å². The number of nitrogen functional groups attached to an aromatic ring is 1. The van der Waals surface area contributed by atoms with Gasteiger partial charge in [0.25, 0.3) is 0 Å². The SMILES string of the molecule is Nc1cc(C(F)(F)F)nn1C[C@H]1CCCCN1. The molecule has 1 aliphatic rings. The second kappa shape index (κ2) is 4.56. The van der Waals surface area contributed by atoms with Gasteiger partial charge in [-0.05, 0) is 19.4 Å². The lowest BCUT2D eigenvalue weighted by Crippen LogP contribution is -2.37. The molecule has 2 heterocycles. The van der Waals surface area contributed by atoms with Crippen molar-refractivity contribution in [1.29, 1.82) is 0 Å². The maximum absolute atomic E-state index is 12.4. The van der Waals surface area contributed by atoms with Crippen LogP contribution in [0, 0.1) is 0 Å². The van der Waals surface area contributed by atoms with Crippen molar-refractivity contribution in [2.45, 2.75) is 38.0 Å². The Labute approximate surface area is 97.0 Å². The average molecular weight is 248 g/mol. The summed E-state index contributed by atoms with van der Waals surface area (Å²) in [6, 6.07) is 1.04. The predicted molar refractivity (Wildman–Crippen MR) is 57.3 cm³/mol. The third-order valence-corrected chi connectivity index (χ3v) is 2.91. The van der Waals surface area contributed by atoms with E-state index in [4.69, 9.17) is 5.73 Å². The van der Waals surface area contributed by atoms with E-state index in [2.05, 4.69) is 10.4 Å². The minimum Gasteiger partial charge on any atom is -0.384 e. The minimum atomic E-state index is -4.43. The molecule has 1 aromatic heterocycles. The highest BCUT2D eigenvalue weighted by molar-refractivity contribution is 5.32. The summed E-state index contributed by atoms with van der Waals surface area (Å²) >= 11 is 0. The van der Waals surface area contributed by atoms with Gasteiger partial charge in [-0.25, -0.2) is 4.68 Å². The number of anilines is 1. The molecule has 96 valence electrons. The van der Waals surface area contributed by atoms with Crippen molar-refractivity contribution in [3.8, 4) is 0 Å². The van der Waals surface area contributed by atoms with Crippen LogP contribution in [0.25, 0.3) is 0 Å². The first kappa shape index (κ1) is 12.2. The van der Waals surface area contributed by atoms with Crippen molar-refractivity contribution in [3.63, 3.8) is 0 Å². The number of halogens is 3.